The first-order valence-corrected chi connectivity index (χ1v) is 6.96. The molecule has 2 amide bonds. The minimum absolute atomic E-state index is 0.0828. The molecule has 4 N–H and O–H groups in total. The van der Waals surface area contributed by atoms with Gasteiger partial charge in [0.1, 0.15) is 6.17 Å². The average molecular weight is 271 g/mol. The lowest BCUT2D eigenvalue weighted by Gasteiger charge is -2.32. The molecule has 0 unspecified atom stereocenters. The first kappa shape index (κ1) is 14.2. The molecule has 0 bridgehead atoms. The van der Waals surface area contributed by atoms with Crippen LogP contribution in [-0.4, -0.2) is 42.0 Å². The van der Waals surface area contributed by atoms with E-state index in [1.807, 2.05) is 0 Å². The highest BCUT2D eigenvalue weighted by Gasteiger charge is 2.35. The Kier molecular flexibility index (Phi) is 4.39. The van der Waals surface area contributed by atoms with Crippen LogP contribution in [0.15, 0.2) is 0 Å². The summed E-state index contributed by atoms with van der Waals surface area (Å²) >= 11 is 0. The topological polar surface area (TPSA) is 89.4 Å². The average Bonchev–Trinajstić information content (AvgIpc) is 2.84. The number of halogens is 1. The molecule has 0 aromatic rings. The largest absolute Gasteiger partial charge is 0.369 e. The van der Waals surface area contributed by atoms with Crippen LogP contribution in [0, 0.1) is 11.8 Å². The number of likely N-dealkylation sites (tertiary alicyclic amines) is 1. The van der Waals surface area contributed by atoms with E-state index < -0.39 is 12.2 Å². The van der Waals surface area contributed by atoms with E-state index in [4.69, 9.17) is 11.5 Å². The Labute approximate surface area is 112 Å². The summed E-state index contributed by atoms with van der Waals surface area (Å²) in [6, 6.07) is -0.570. The molecule has 1 aliphatic heterocycles. The minimum atomic E-state index is -0.915. The van der Waals surface area contributed by atoms with E-state index in [2.05, 4.69) is 0 Å². The number of hydrogen-bond acceptors (Lipinski definition) is 3. The van der Waals surface area contributed by atoms with Crippen LogP contribution >= 0.6 is 0 Å². The maximum Gasteiger partial charge on any atom is 0.239 e. The van der Waals surface area contributed by atoms with E-state index in [-0.39, 0.29) is 30.2 Å². The third-order valence-electron chi connectivity index (χ3n) is 4.41. The molecule has 1 saturated heterocycles. The molecule has 108 valence electrons. The van der Waals surface area contributed by atoms with Crippen molar-refractivity contribution >= 4 is 11.8 Å². The van der Waals surface area contributed by atoms with Gasteiger partial charge in [-0.2, -0.15) is 0 Å². The summed E-state index contributed by atoms with van der Waals surface area (Å²) < 4.78 is 13.1. The van der Waals surface area contributed by atoms with Crippen molar-refractivity contribution in [2.24, 2.45) is 23.3 Å². The standard InChI is InChI=1S/C13H22FN3O2/c14-10-5-6-17(7-10)13(19)11(15)8-1-3-9(4-2-8)12(16)18/h8-11H,1-7,15H2,(H2,16,18)/t8?,9?,10-,11+/m1/s1. The zero-order valence-corrected chi connectivity index (χ0v) is 11.1. The summed E-state index contributed by atoms with van der Waals surface area (Å²) in [6.45, 7) is 0.632. The Balaban J connectivity index is 1.85. The van der Waals surface area contributed by atoms with Gasteiger partial charge in [0.05, 0.1) is 12.6 Å². The van der Waals surface area contributed by atoms with Gasteiger partial charge in [-0.25, -0.2) is 4.39 Å². The van der Waals surface area contributed by atoms with Gasteiger partial charge in [-0.1, -0.05) is 0 Å². The number of carbonyl (C=O) groups is 2. The molecule has 0 aromatic carbocycles. The predicted octanol–water partition coefficient (Wildman–Crippen LogP) is 0.176. The van der Waals surface area contributed by atoms with Crippen molar-refractivity contribution in [3.63, 3.8) is 0 Å². The van der Waals surface area contributed by atoms with E-state index in [9.17, 15) is 14.0 Å². The summed E-state index contributed by atoms with van der Waals surface area (Å²) in [6.07, 6.45) is 2.38. The normalized spacial score (nSPS) is 33.2. The zero-order chi connectivity index (χ0) is 14.0. The highest BCUT2D eigenvalue weighted by molar-refractivity contribution is 5.82. The molecule has 2 rings (SSSR count). The second-order valence-electron chi connectivity index (χ2n) is 5.71. The molecule has 0 spiro atoms. The van der Waals surface area contributed by atoms with Gasteiger partial charge in [0.2, 0.25) is 11.8 Å². The fraction of sp³-hybridized carbons (Fsp3) is 0.846. The molecule has 1 heterocycles. The first-order valence-electron chi connectivity index (χ1n) is 6.96. The van der Waals surface area contributed by atoms with Gasteiger partial charge in [-0.15, -0.1) is 0 Å². The number of carbonyl (C=O) groups excluding carboxylic acids is 2. The highest BCUT2D eigenvalue weighted by atomic mass is 19.1. The maximum atomic E-state index is 13.1. The Morgan fingerprint density at radius 2 is 1.79 bits per heavy atom. The van der Waals surface area contributed by atoms with Crippen LogP contribution in [0.4, 0.5) is 4.39 Å². The highest BCUT2D eigenvalue weighted by Crippen LogP contribution is 2.31. The Bertz CT molecular complexity index is 356. The Morgan fingerprint density at radius 3 is 2.26 bits per heavy atom. The minimum Gasteiger partial charge on any atom is -0.369 e. The van der Waals surface area contributed by atoms with Crippen LogP contribution in [0.2, 0.25) is 0 Å². The van der Waals surface area contributed by atoms with Gasteiger partial charge in [0, 0.05) is 12.5 Å². The number of nitrogens with zero attached hydrogens (tertiary/aromatic N) is 1. The fourth-order valence-corrected chi connectivity index (χ4v) is 3.09. The lowest BCUT2D eigenvalue weighted by Crippen LogP contribution is -2.48. The lowest BCUT2D eigenvalue weighted by molar-refractivity contribution is -0.133. The summed E-state index contributed by atoms with van der Waals surface area (Å²) in [7, 11) is 0. The van der Waals surface area contributed by atoms with Gasteiger partial charge in [0.25, 0.3) is 0 Å². The zero-order valence-electron chi connectivity index (χ0n) is 11.1. The van der Waals surface area contributed by atoms with Crippen molar-refractivity contribution < 1.29 is 14.0 Å². The van der Waals surface area contributed by atoms with Crippen LogP contribution in [0.1, 0.15) is 32.1 Å². The number of nitrogens with two attached hydrogens (primary N) is 2. The summed E-state index contributed by atoms with van der Waals surface area (Å²) in [5, 5.41) is 0. The monoisotopic (exact) mass is 271 g/mol. The fourth-order valence-electron chi connectivity index (χ4n) is 3.09. The Hall–Kier alpha value is -1.17. The van der Waals surface area contributed by atoms with Gasteiger partial charge >= 0.3 is 0 Å². The second-order valence-corrected chi connectivity index (χ2v) is 5.71. The smallest absolute Gasteiger partial charge is 0.239 e. The van der Waals surface area contributed by atoms with Gasteiger partial charge < -0.3 is 16.4 Å². The quantitative estimate of drug-likeness (QED) is 0.767. The van der Waals surface area contributed by atoms with Gasteiger partial charge in [-0.05, 0) is 38.0 Å². The van der Waals surface area contributed by atoms with Crippen LogP contribution < -0.4 is 11.5 Å². The number of alkyl halides is 1. The van der Waals surface area contributed by atoms with E-state index >= 15 is 0 Å². The summed E-state index contributed by atoms with van der Waals surface area (Å²) in [4.78, 5) is 24.8. The third kappa shape index (κ3) is 3.23. The number of primary amides is 1. The second kappa shape index (κ2) is 5.86. The SMILES string of the molecule is NC(=O)C1CCC([C@H](N)C(=O)N2CC[C@@H](F)C2)CC1. The van der Waals surface area contributed by atoms with Crippen LogP contribution in [0.5, 0.6) is 0 Å². The van der Waals surface area contributed by atoms with Crippen LogP contribution in [0.3, 0.4) is 0 Å². The van der Waals surface area contributed by atoms with Crippen molar-refractivity contribution in [3.8, 4) is 0 Å². The van der Waals surface area contributed by atoms with Crippen molar-refractivity contribution in [1.82, 2.24) is 4.90 Å². The van der Waals surface area contributed by atoms with E-state index in [0.29, 0.717) is 25.8 Å². The summed E-state index contributed by atoms with van der Waals surface area (Å²) in [5.74, 6) is -0.414. The van der Waals surface area contributed by atoms with Crippen molar-refractivity contribution in [1.29, 1.82) is 0 Å². The van der Waals surface area contributed by atoms with E-state index in [0.717, 1.165) is 12.8 Å². The molecule has 19 heavy (non-hydrogen) atoms. The molecule has 2 fully saturated rings. The molecule has 1 saturated carbocycles. The Morgan fingerprint density at radius 1 is 1.16 bits per heavy atom. The van der Waals surface area contributed by atoms with Crippen molar-refractivity contribution in [2.75, 3.05) is 13.1 Å². The number of rotatable bonds is 3. The first-order chi connectivity index (χ1) is 8.99. The number of amides is 2. The molecule has 5 nitrogen and oxygen atoms in total. The predicted molar refractivity (Wildman–Crippen MR) is 68.7 cm³/mol. The van der Waals surface area contributed by atoms with Crippen molar-refractivity contribution in [2.45, 2.75) is 44.3 Å². The molecule has 1 aliphatic carbocycles. The molecule has 2 aliphatic rings. The lowest BCUT2D eigenvalue weighted by atomic mass is 9.78. The van der Waals surface area contributed by atoms with Crippen LogP contribution in [0.25, 0.3) is 0 Å². The van der Waals surface area contributed by atoms with E-state index in [1.54, 1.807) is 0 Å². The maximum absolute atomic E-state index is 13.1. The summed E-state index contributed by atoms with van der Waals surface area (Å²) in [5.41, 5.74) is 11.3. The molecular weight excluding hydrogens is 249 g/mol. The molecule has 6 heteroatoms. The number of hydrogen-bond donors (Lipinski definition) is 2. The van der Waals surface area contributed by atoms with Gasteiger partial charge in [0.15, 0.2) is 0 Å². The molecule has 2 atom stereocenters. The van der Waals surface area contributed by atoms with Gasteiger partial charge in [-0.3, -0.25) is 9.59 Å². The third-order valence-corrected chi connectivity index (χ3v) is 4.41. The molecule has 0 aromatic heterocycles. The molecule has 0 radical (unpaired) electrons. The van der Waals surface area contributed by atoms with Crippen LogP contribution in [-0.2, 0) is 9.59 Å². The van der Waals surface area contributed by atoms with Crippen molar-refractivity contribution in [3.05, 3.63) is 0 Å². The van der Waals surface area contributed by atoms with E-state index in [1.165, 1.54) is 4.90 Å². The molecular formula is C13H22FN3O2.